The minimum Gasteiger partial charge on any atom is -0.468 e. The lowest BCUT2D eigenvalue weighted by molar-refractivity contribution is -0.139. The molecule has 2 amide bonds. The average Bonchev–Trinajstić information content (AvgIpc) is 3.03. The third-order valence-electron chi connectivity index (χ3n) is 3.98. The number of methoxy groups -OCH3 is 1. The summed E-state index contributed by atoms with van der Waals surface area (Å²) in [4.78, 5) is 29.7. The van der Waals surface area contributed by atoms with E-state index < -0.39 is 5.97 Å². The Hall–Kier alpha value is -2.15. The van der Waals surface area contributed by atoms with Crippen LogP contribution < -0.4 is 5.32 Å². The second kappa shape index (κ2) is 6.95. The van der Waals surface area contributed by atoms with Crippen LogP contribution in [0.2, 0.25) is 0 Å². The van der Waals surface area contributed by atoms with Crippen molar-refractivity contribution in [1.82, 2.24) is 15.2 Å². The van der Waals surface area contributed by atoms with Gasteiger partial charge >= 0.3 is 12.0 Å². The van der Waals surface area contributed by atoms with Gasteiger partial charge in [0, 0.05) is 19.0 Å². The van der Waals surface area contributed by atoms with Gasteiger partial charge in [0.05, 0.1) is 22.3 Å². The van der Waals surface area contributed by atoms with E-state index in [9.17, 15) is 9.59 Å². The summed E-state index contributed by atoms with van der Waals surface area (Å²) in [7, 11) is 1.30. The number of carbonyl (C=O) groups excluding carboxylic acids is 2. The van der Waals surface area contributed by atoms with Crippen LogP contribution in [0.1, 0.15) is 23.8 Å². The molecule has 1 fully saturated rings. The molecule has 0 bridgehead atoms. The maximum atomic E-state index is 12.2. The highest BCUT2D eigenvalue weighted by Crippen LogP contribution is 2.32. The molecule has 3 rings (SSSR count). The molecule has 0 radical (unpaired) electrons. The number of hydrogen-bond donors (Lipinski definition) is 1. The van der Waals surface area contributed by atoms with Crippen LogP contribution in [0.5, 0.6) is 0 Å². The third-order valence-corrected chi connectivity index (χ3v) is 5.18. The van der Waals surface area contributed by atoms with Crippen molar-refractivity contribution >= 4 is 33.6 Å². The zero-order chi connectivity index (χ0) is 16.2. The van der Waals surface area contributed by atoms with Crippen molar-refractivity contribution in [2.75, 3.05) is 26.7 Å². The van der Waals surface area contributed by atoms with E-state index in [1.165, 1.54) is 11.8 Å². The topological polar surface area (TPSA) is 71.5 Å². The zero-order valence-electron chi connectivity index (χ0n) is 12.9. The number of hydrogen-bond acceptors (Lipinski definition) is 5. The van der Waals surface area contributed by atoms with E-state index in [0.29, 0.717) is 13.1 Å². The van der Waals surface area contributed by atoms with Crippen molar-refractivity contribution in [3.8, 4) is 0 Å². The van der Waals surface area contributed by atoms with Gasteiger partial charge in [-0.15, -0.1) is 11.3 Å². The predicted molar refractivity (Wildman–Crippen MR) is 88.6 cm³/mol. The Morgan fingerprint density at radius 1 is 1.43 bits per heavy atom. The largest absolute Gasteiger partial charge is 0.468 e. The Morgan fingerprint density at radius 3 is 3.04 bits per heavy atom. The Kier molecular flexibility index (Phi) is 4.76. The Bertz CT molecular complexity index is 682. The third kappa shape index (κ3) is 3.61. The van der Waals surface area contributed by atoms with Crippen LogP contribution in [0.25, 0.3) is 10.2 Å². The number of rotatable bonds is 3. The summed E-state index contributed by atoms with van der Waals surface area (Å²) >= 11 is 1.70. The van der Waals surface area contributed by atoms with Gasteiger partial charge in [0.15, 0.2) is 0 Å². The van der Waals surface area contributed by atoms with E-state index in [1.54, 1.807) is 16.2 Å². The second-order valence-corrected chi connectivity index (χ2v) is 6.60. The van der Waals surface area contributed by atoms with Gasteiger partial charge < -0.3 is 15.0 Å². The first-order valence-corrected chi connectivity index (χ1v) is 8.44. The molecule has 2 aromatic rings. The van der Waals surface area contributed by atoms with Gasteiger partial charge in [-0.1, -0.05) is 12.1 Å². The number of esters is 1. The molecule has 0 unspecified atom stereocenters. The van der Waals surface area contributed by atoms with Crippen molar-refractivity contribution < 1.29 is 14.3 Å². The highest BCUT2D eigenvalue weighted by atomic mass is 32.1. The number of nitrogens with zero attached hydrogens (tertiary/aromatic N) is 2. The summed E-state index contributed by atoms with van der Waals surface area (Å²) in [5.41, 5.74) is 1.01. The van der Waals surface area contributed by atoms with Gasteiger partial charge in [0.2, 0.25) is 0 Å². The maximum absolute atomic E-state index is 12.2. The van der Waals surface area contributed by atoms with Crippen LogP contribution in [-0.4, -0.2) is 48.6 Å². The lowest BCUT2D eigenvalue weighted by Gasteiger charge is -2.31. The summed E-state index contributed by atoms with van der Waals surface area (Å²) < 4.78 is 5.71. The lowest BCUT2D eigenvalue weighted by atomic mass is 9.99. The van der Waals surface area contributed by atoms with E-state index in [0.717, 1.165) is 23.4 Å². The molecule has 23 heavy (non-hydrogen) atoms. The number of nitrogens with one attached hydrogen (secondary N) is 1. The van der Waals surface area contributed by atoms with Crippen LogP contribution in [0.15, 0.2) is 24.3 Å². The molecular weight excluding hydrogens is 314 g/mol. The Labute approximate surface area is 138 Å². The van der Waals surface area contributed by atoms with Gasteiger partial charge in [-0.05, 0) is 25.0 Å². The van der Waals surface area contributed by atoms with Gasteiger partial charge in [-0.3, -0.25) is 4.79 Å². The zero-order valence-corrected chi connectivity index (χ0v) is 13.8. The van der Waals surface area contributed by atoms with E-state index in [1.807, 2.05) is 18.2 Å². The fourth-order valence-electron chi connectivity index (χ4n) is 2.76. The molecule has 1 aliphatic heterocycles. The summed E-state index contributed by atoms with van der Waals surface area (Å²) in [6.07, 6.45) is 1.97. The fourth-order valence-corrected chi connectivity index (χ4v) is 3.85. The molecule has 1 aromatic carbocycles. The normalized spacial score (nSPS) is 18.0. The molecule has 122 valence electrons. The first kappa shape index (κ1) is 15.7. The summed E-state index contributed by atoms with van der Waals surface area (Å²) in [5.74, 6) is -0.192. The molecule has 1 atom stereocenters. The Balaban J connectivity index is 1.65. The number of thiazole rings is 1. The minimum absolute atomic E-state index is 0.0996. The van der Waals surface area contributed by atoms with Gasteiger partial charge in [0.25, 0.3) is 0 Å². The van der Waals surface area contributed by atoms with Crippen molar-refractivity contribution in [3.63, 3.8) is 0 Å². The molecule has 1 aliphatic rings. The molecule has 6 nitrogen and oxygen atoms in total. The van der Waals surface area contributed by atoms with E-state index in [-0.39, 0.29) is 18.5 Å². The van der Waals surface area contributed by atoms with Crippen LogP contribution in [0, 0.1) is 0 Å². The number of piperidine rings is 1. The van der Waals surface area contributed by atoms with E-state index >= 15 is 0 Å². The number of ether oxygens (including phenoxy) is 1. The first-order chi connectivity index (χ1) is 11.2. The van der Waals surface area contributed by atoms with Crippen molar-refractivity contribution in [2.24, 2.45) is 0 Å². The average molecular weight is 333 g/mol. The molecule has 1 N–H and O–H groups in total. The highest BCUT2D eigenvalue weighted by Gasteiger charge is 2.27. The number of fused-ring (bicyclic) bond motifs is 1. The maximum Gasteiger partial charge on any atom is 0.325 e. The SMILES string of the molecule is COC(=O)CNC(=O)N1CCC[C@H](c2nc3ccccc3s2)C1. The predicted octanol–water partition coefficient (Wildman–Crippen LogP) is 2.36. The molecule has 1 saturated heterocycles. The van der Waals surface area contributed by atoms with Crippen LogP contribution in [0.3, 0.4) is 0 Å². The minimum atomic E-state index is -0.446. The summed E-state index contributed by atoms with van der Waals surface area (Å²) in [5, 5.41) is 3.68. The van der Waals surface area contributed by atoms with E-state index in [4.69, 9.17) is 4.98 Å². The molecule has 2 heterocycles. The number of para-hydroxylation sites is 1. The molecular formula is C16H19N3O3S. The number of aromatic nitrogens is 1. The summed E-state index contributed by atoms with van der Waals surface area (Å²) in [6, 6.07) is 7.86. The summed E-state index contributed by atoms with van der Waals surface area (Å²) in [6.45, 7) is 1.23. The Morgan fingerprint density at radius 2 is 2.26 bits per heavy atom. The standard InChI is InChI=1S/C16H19N3O3S/c1-22-14(20)9-17-16(21)19-8-4-5-11(10-19)15-18-12-6-2-3-7-13(12)23-15/h2-3,6-7,11H,4-5,8-10H2,1H3,(H,17,21)/t11-/m0/s1. The second-order valence-electron chi connectivity index (χ2n) is 5.54. The number of amides is 2. The molecule has 1 aromatic heterocycles. The highest BCUT2D eigenvalue weighted by molar-refractivity contribution is 7.18. The number of carbonyl (C=O) groups is 2. The van der Waals surface area contributed by atoms with Gasteiger partial charge in [0.1, 0.15) is 6.54 Å². The molecule has 0 saturated carbocycles. The number of urea groups is 1. The van der Waals surface area contributed by atoms with Crippen LogP contribution in [-0.2, 0) is 9.53 Å². The number of benzene rings is 1. The van der Waals surface area contributed by atoms with Gasteiger partial charge in [-0.2, -0.15) is 0 Å². The molecule has 0 spiro atoms. The smallest absolute Gasteiger partial charge is 0.325 e. The lowest BCUT2D eigenvalue weighted by Crippen LogP contribution is -2.46. The van der Waals surface area contributed by atoms with E-state index in [2.05, 4.69) is 16.1 Å². The fraction of sp³-hybridized carbons (Fsp3) is 0.438. The monoisotopic (exact) mass is 333 g/mol. The first-order valence-electron chi connectivity index (χ1n) is 7.62. The van der Waals surface area contributed by atoms with Gasteiger partial charge in [-0.25, -0.2) is 9.78 Å². The van der Waals surface area contributed by atoms with Crippen molar-refractivity contribution in [2.45, 2.75) is 18.8 Å². The van der Waals surface area contributed by atoms with Crippen LogP contribution in [0.4, 0.5) is 4.79 Å². The quantitative estimate of drug-likeness (QED) is 0.875. The van der Waals surface area contributed by atoms with Crippen molar-refractivity contribution in [1.29, 1.82) is 0 Å². The molecule has 7 heteroatoms. The van der Waals surface area contributed by atoms with Crippen molar-refractivity contribution in [3.05, 3.63) is 29.3 Å². The molecule has 0 aliphatic carbocycles. The van der Waals surface area contributed by atoms with Crippen LogP contribution >= 0.6 is 11.3 Å². The number of likely N-dealkylation sites (tertiary alicyclic amines) is 1.